The average Bonchev–Trinajstić information content (AvgIpc) is 2.24. The van der Waals surface area contributed by atoms with Crippen molar-refractivity contribution in [3.05, 3.63) is 0 Å². The van der Waals surface area contributed by atoms with Crippen molar-refractivity contribution in [3.8, 4) is 0 Å². The van der Waals surface area contributed by atoms with E-state index in [-0.39, 0.29) is 25.3 Å². The zero-order valence-corrected chi connectivity index (χ0v) is 10.6. The van der Waals surface area contributed by atoms with Crippen LogP contribution in [0.5, 0.6) is 0 Å². The van der Waals surface area contributed by atoms with Gasteiger partial charge in [-0.15, -0.1) is 0 Å². The molecule has 1 amide bonds. The normalized spacial score (nSPS) is 10.8. The highest BCUT2D eigenvalue weighted by molar-refractivity contribution is 5.84. The fraction of sp³-hybridized carbons (Fsp3) is 0.727. The molecule has 0 saturated heterocycles. The van der Waals surface area contributed by atoms with Crippen molar-refractivity contribution in [2.24, 2.45) is 5.41 Å². The molecule has 0 unspecified atom stereocenters. The van der Waals surface area contributed by atoms with E-state index < -0.39 is 17.4 Å². The first-order chi connectivity index (χ1) is 7.70. The largest absolute Gasteiger partial charge is 0.481 e. The third-order valence-corrected chi connectivity index (χ3v) is 2.48. The minimum Gasteiger partial charge on any atom is -0.481 e. The van der Waals surface area contributed by atoms with Crippen LogP contribution in [-0.4, -0.2) is 48.6 Å². The second-order valence-corrected chi connectivity index (χ2v) is 4.51. The summed E-state index contributed by atoms with van der Waals surface area (Å²) in [5.41, 5.74) is -1.10. The molecule has 0 aromatic heterocycles. The number of aliphatic carboxylic acids is 1. The molecule has 0 fully saturated rings. The highest BCUT2D eigenvalue weighted by atomic mass is 16.5. The van der Waals surface area contributed by atoms with Crippen LogP contribution in [0, 0.1) is 5.41 Å². The first-order valence-electron chi connectivity index (χ1n) is 5.25. The van der Waals surface area contributed by atoms with E-state index in [4.69, 9.17) is 5.11 Å². The number of carbonyl (C=O) groups excluding carboxylic acids is 2. The summed E-state index contributed by atoms with van der Waals surface area (Å²) in [5, 5.41) is 8.88. The van der Waals surface area contributed by atoms with Crippen LogP contribution in [0.4, 0.5) is 0 Å². The van der Waals surface area contributed by atoms with Crippen molar-refractivity contribution < 1.29 is 24.2 Å². The van der Waals surface area contributed by atoms with Crippen LogP contribution >= 0.6 is 0 Å². The summed E-state index contributed by atoms with van der Waals surface area (Å²) >= 11 is 0. The van der Waals surface area contributed by atoms with Crippen LogP contribution in [-0.2, 0) is 19.1 Å². The van der Waals surface area contributed by atoms with Crippen molar-refractivity contribution in [2.45, 2.75) is 26.7 Å². The predicted octanol–water partition coefficient (Wildman–Crippen LogP) is 0.509. The molecule has 0 radical (unpaired) electrons. The Kier molecular flexibility index (Phi) is 5.64. The number of carboxylic acid groups (broad SMARTS) is 1. The summed E-state index contributed by atoms with van der Waals surface area (Å²) in [7, 11) is 2.81. The molecule has 6 heteroatoms. The summed E-state index contributed by atoms with van der Waals surface area (Å²) < 4.78 is 4.45. The molecule has 0 aliphatic rings. The Morgan fingerprint density at radius 3 is 2.24 bits per heavy atom. The Morgan fingerprint density at radius 1 is 1.29 bits per heavy atom. The standard InChI is InChI=1S/C11H19NO5/c1-11(2,10(15)16)7-8(13)12(3)6-5-9(14)17-4/h5-7H2,1-4H3,(H,15,16). The quantitative estimate of drug-likeness (QED) is 0.689. The molecule has 98 valence electrons. The molecular weight excluding hydrogens is 226 g/mol. The number of ether oxygens (including phenoxy) is 1. The molecule has 0 heterocycles. The first-order valence-corrected chi connectivity index (χ1v) is 5.25. The van der Waals surface area contributed by atoms with Gasteiger partial charge in [0.25, 0.3) is 0 Å². The van der Waals surface area contributed by atoms with E-state index in [9.17, 15) is 14.4 Å². The molecule has 0 aliphatic heterocycles. The van der Waals surface area contributed by atoms with Gasteiger partial charge in [0.2, 0.25) is 5.91 Å². The Labute approximate surface area is 101 Å². The topological polar surface area (TPSA) is 83.9 Å². The second-order valence-electron chi connectivity index (χ2n) is 4.51. The molecule has 0 rings (SSSR count). The van der Waals surface area contributed by atoms with E-state index in [1.807, 2.05) is 0 Å². The maximum atomic E-state index is 11.7. The number of esters is 1. The Hall–Kier alpha value is -1.59. The van der Waals surface area contributed by atoms with Crippen molar-refractivity contribution in [1.82, 2.24) is 4.90 Å². The lowest BCUT2D eigenvalue weighted by Gasteiger charge is -2.23. The third-order valence-electron chi connectivity index (χ3n) is 2.48. The van der Waals surface area contributed by atoms with E-state index in [0.29, 0.717) is 0 Å². The lowest BCUT2D eigenvalue weighted by Crippen LogP contribution is -2.35. The number of methoxy groups -OCH3 is 1. The number of nitrogens with zero attached hydrogens (tertiary/aromatic N) is 1. The highest BCUT2D eigenvalue weighted by Gasteiger charge is 2.31. The molecule has 0 saturated carbocycles. The highest BCUT2D eigenvalue weighted by Crippen LogP contribution is 2.21. The fourth-order valence-electron chi connectivity index (χ4n) is 1.07. The van der Waals surface area contributed by atoms with E-state index >= 15 is 0 Å². The van der Waals surface area contributed by atoms with E-state index in [2.05, 4.69) is 4.74 Å². The van der Waals surface area contributed by atoms with Gasteiger partial charge in [0.1, 0.15) is 0 Å². The van der Waals surface area contributed by atoms with Gasteiger partial charge in [-0.1, -0.05) is 0 Å². The fourth-order valence-corrected chi connectivity index (χ4v) is 1.07. The van der Waals surface area contributed by atoms with Crippen molar-refractivity contribution in [2.75, 3.05) is 20.7 Å². The van der Waals surface area contributed by atoms with Crippen LogP contribution in [0.15, 0.2) is 0 Å². The number of rotatable bonds is 6. The minimum absolute atomic E-state index is 0.0972. The van der Waals surface area contributed by atoms with Crippen LogP contribution < -0.4 is 0 Å². The average molecular weight is 245 g/mol. The molecule has 0 bridgehead atoms. The Morgan fingerprint density at radius 2 is 1.82 bits per heavy atom. The molecule has 0 aromatic carbocycles. The summed E-state index contributed by atoms with van der Waals surface area (Å²) in [5.74, 6) is -1.73. The lowest BCUT2D eigenvalue weighted by molar-refractivity contribution is -0.151. The number of amides is 1. The van der Waals surface area contributed by atoms with Gasteiger partial charge in [-0.2, -0.15) is 0 Å². The molecule has 0 aliphatic carbocycles. The maximum Gasteiger partial charge on any atom is 0.309 e. The van der Waals surface area contributed by atoms with Crippen LogP contribution in [0.25, 0.3) is 0 Å². The van der Waals surface area contributed by atoms with Gasteiger partial charge in [-0.05, 0) is 13.8 Å². The van der Waals surface area contributed by atoms with Crippen molar-refractivity contribution in [3.63, 3.8) is 0 Å². The van der Waals surface area contributed by atoms with Gasteiger partial charge in [0.15, 0.2) is 0 Å². The van der Waals surface area contributed by atoms with E-state index in [1.54, 1.807) is 0 Å². The monoisotopic (exact) mass is 245 g/mol. The molecule has 0 atom stereocenters. The molecule has 0 aromatic rings. The van der Waals surface area contributed by atoms with E-state index in [1.165, 1.54) is 32.9 Å². The second kappa shape index (κ2) is 6.22. The smallest absolute Gasteiger partial charge is 0.309 e. The SMILES string of the molecule is COC(=O)CCN(C)C(=O)CC(C)(C)C(=O)O. The number of carboxylic acids is 1. The van der Waals surface area contributed by atoms with Gasteiger partial charge >= 0.3 is 11.9 Å². The third kappa shape index (κ3) is 5.33. The summed E-state index contributed by atoms with van der Waals surface area (Å²) in [6.45, 7) is 3.20. The number of hydrogen-bond acceptors (Lipinski definition) is 4. The van der Waals surface area contributed by atoms with Gasteiger partial charge < -0.3 is 14.7 Å². The summed E-state index contributed by atoms with van der Waals surface area (Å²) in [6, 6.07) is 0. The maximum absolute atomic E-state index is 11.7. The van der Waals surface area contributed by atoms with E-state index in [0.717, 1.165) is 0 Å². The number of carbonyl (C=O) groups is 3. The number of hydrogen-bond donors (Lipinski definition) is 1. The minimum atomic E-state index is -1.10. The molecular formula is C11H19NO5. The molecule has 1 N–H and O–H groups in total. The van der Waals surface area contributed by atoms with Gasteiger partial charge in [-0.3, -0.25) is 14.4 Å². The van der Waals surface area contributed by atoms with Crippen LogP contribution in [0.2, 0.25) is 0 Å². The molecule has 6 nitrogen and oxygen atoms in total. The lowest BCUT2D eigenvalue weighted by atomic mass is 9.89. The van der Waals surface area contributed by atoms with Crippen LogP contribution in [0.1, 0.15) is 26.7 Å². The first kappa shape index (κ1) is 15.4. The Balaban J connectivity index is 4.23. The van der Waals surface area contributed by atoms with Crippen molar-refractivity contribution >= 4 is 17.8 Å². The van der Waals surface area contributed by atoms with Gasteiger partial charge in [0.05, 0.1) is 18.9 Å². The predicted molar refractivity (Wildman–Crippen MR) is 60.3 cm³/mol. The van der Waals surface area contributed by atoms with Gasteiger partial charge in [-0.25, -0.2) is 0 Å². The zero-order valence-electron chi connectivity index (χ0n) is 10.6. The van der Waals surface area contributed by atoms with Gasteiger partial charge in [0, 0.05) is 20.0 Å². The summed E-state index contributed by atoms with van der Waals surface area (Å²) in [4.78, 5) is 34.7. The molecule has 0 spiro atoms. The molecule has 17 heavy (non-hydrogen) atoms. The Bertz CT molecular complexity index is 311. The zero-order chi connectivity index (χ0) is 13.6. The summed E-state index contributed by atoms with van der Waals surface area (Å²) in [6.07, 6.45) is 0.00620. The van der Waals surface area contributed by atoms with Crippen LogP contribution in [0.3, 0.4) is 0 Å². The van der Waals surface area contributed by atoms with Crippen molar-refractivity contribution in [1.29, 1.82) is 0 Å².